The van der Waals surface area contributed by atoms with Crippen molar-refractivity contribution < 1.29 is 4.79 Å². The molecule has 0 bridgehead atoms. The zero-order chi connectivity index (χ0) is 13.0. The fraction of sp³-hybridized carbons (Fsp3) is 0.143. The van der Waals surface area contributed by atoms with E-state index in [1.165, 1.54) is 6.20 Å². The Hall–Kier alpha value is -1.87. The molecule has 0 unspecified atom stereocenters. The summed E-state index contributed by atoms with van der Waals surface area (Å²) >= 11 is 5.94. The molecule has 1 amide bonds. The van der Waals surface area contributed by atoms with Crippen LogP contribution in [0.25, 0.3) is 0 Å². The van der Waals surface area contributed by atoms with E-state index in [4.69, 9.17) is 11.6 Å². The third kappa shape index (κ3) is 2.68. The van der Waals surface area contributed by atoms with Crippen molar-refractivity contribution in [3.05, 3.63) is 58.9 Å². The van der Waals surface area contributed by atoms with Crippen LogP contribution in [0.1, 0.15) is 22.8 Å². The van der Waals surface area contributed by atoms with Gasteiger partial charge in [-0.05, 0) is 24.1 Å². The van der Waals surface area contributed by atoms with Gasteiger partial charge >= 0.3 is 0 Å². The molecule has 0 aliphatic heterocycles. The number of rotatable bonds is 3. The molecule has 1 heterocycles. The summed E-state index contributed by atoms with van der Waals surface area (Å²) in [7, 11) is 0. The zero-order valence-corrected chi connectivity index (χ0v) is 10.7. The number of para-hydroxylation sites is 1. The van der Waals surface area contributed by atoms with Crippen LogP contribution in [0.4, 0.5) is 5.69 Å². The van der Waals surface area contributed by atoms with Crippen molar-refractivity contribution in [3.63, 3.8) is 0 Å². The molecule has 0 saturated carbocycles. The Kier molecular flexibility index (Phi) is 3.95. The topological polar surface area (TPSA) is 42.0 Å². The molecule has 2 rings (SSSR count). The van der Waals surface area contributed by atoms with Crippen molar-refractivity contribution in [1.29, 1.82) is 0 Å². The average molecular weight is 261 g/mol. The Morgan fingerprint density at radius 1 is 1.33 bits per heavy atom. The second-order valence-electron chi connectivity index (χ2n) is 3.82. The lowest BCUT2D eigenvalue weighted by molar-refractivity contribution is 0.102. The Bertz CT molecular complexity index is 569. The van der Waals surface area contributed by atoms with Crippen LogP contribution in [0, 0.1) is 0 Å². The second-order valence-corrected chi connectivity index (χ2v) is 4.23. The second kappa shape index (κ2) is 5.65. The highest BCUT2D eigenvalue weighted by molar-refractivity contribution is 6.34. The fourth-order valence-electron chi connectivity index (χ4n) is 1.70. The minimum Gasteiger partial charge on any atom is -0.322 e. The van der Waals surface area contributed by atoms with Crippen molar-refractivity contribution in [2.45, 2.75) is 13.3 Å². The first-order valence-electron chi connectivity index (χ1n) is 5.71. The average Bonchev–Trinajstić information content (AvgIpc) is 2.39. The molecular formula is C14H13ClN2O. The van der Waals surface area contributed by atoms with Gasteiger partial charge in [-0.25, -0.2) is 0 Å². The Balaban J connectivity index is 2.24. The van der Waals surface area contributed by atoms with Gasteiger partial charge in [0.2, 0.25) is 0 Å². The molecule has 92 valence electrons. The molecule has 0 aliphatic rings. The number of amides is 1. The number of anilines is 1. The summed E-state index contributed by atoms with van der Waals surface area (Å²) in [4.78, 5) is 15.9. The highest BCUT2D eigenvalue weighted by Crippen LogP contribution is 2.19. The lowest BCUT2D eigenvalue weighted by Crippen LogP contribution is -2.13. The maximum Gasteiger partial charge on any atom is 0.257 e. The number of hydrogen-bond donors (Lipinski definition) is 1. The number of carbonyl (C=O) groups excluding carboxylic acids is 1. The number of aromatic nitrogens is 1. The maximum absolute atomic E-state index is 12.1. The van der Waals surface area contributed by atoms with Crippen LogP contribution in [0.3, 0.4) is 0 Å². The molecule has 0 saturated heterocycles. The standard InChI is InChI=1S/C14H13ClN2O/c1-2-10-5-3-4-6-13(10)17-14(18)11-7-8-16-9-12(11)15/h3-9H,2H2,1H3,(H,17,18). The van der Waals surface area contributed by atoms with Crippen molar-refractivity contribution >= 4 is 23.2 Å². The largest absolute Gasteiger partial charge is 0.322 e. The van der Waals surface area contributed by atoms with Crippen molar-refractivity contribution in [3.8, 4) is 0 Å². The number of pyridine rings is 1. The van der Waals surface area contributed by atoms with E-state index < -0.39 is 0 Å². The van der Waals surface area contributed by atoms with Gasteiger partial charge in [0.05, 0.1) is 10.6 Å². The summed E-state index contributed by atoms with van der Waals surface area (Å²) in [6, 6.07) is 9.32. The molecule has 3 nitrogen and oxygen atoms in total. The van der Waals surface area contributed by atoms with E-state index in [1.807, 2.05) is 31.2 Å². The van der Waals surface area contributed by atoms with Gasteiger partial charge in [0.25, 0.3) is 5.91 Å². The van der Waals surface area contributed by atoms with Gasteiger partial charge in [-0.15, -0.1) is 0 Å². The first-order valence-corrected chi connectivity index (χ1v) is 6.09. The molecule has 1 aromatic carbocycles. The zero-order valence-electron chi connectivity index (χ0n) is 9.98. The summed E-state index contributed by atoms with van der Waals surface area (Å²) in [5, 5.41) is 3.22. The first kappa shape index (κ1) is 12.6. The predicted octanol–water partition coefficient (Wildman–Crippen LogP) is 3.55. The molecule has 0 atom stereocenters. The minimum atomic E-state index is -0.219. The van der Waals surface area contributed by atoms with Gasteiger partial charge in [0, 0.05) is 18.1 Å². The summed E-state index contributed by atoms with van der Waals surface area (Å²) in [6.07, 6.45) is 3.87. The number of nitrogens with zero attached hydrogens (tertiary/aromatic N) is 1. The van der Waals surface area contributed by atoms with Gasteiger partial charge in [-0.1, -0.05) is 36.7 Å². The molecule has 1 N–H and O–H groups in total. The van der Waals surface area contributed by atoms with E-state index in [9.17, 15) is 4.79 Å². The van der Waals surface area contributed by atoms with Gasteiger partial charge in [-0.3, -0.25) is 9.78 Å². The fourth-order valence-corrected chi connectivity index (χ4v) is 1.90. The van der Waals surface area contributed by atoms with Crippen LogP contribution in [0.15, 0.2) is 42.7 Å². The highest BCUT2D eigenvalue weighted by Gasteiger charge is 2.11. The lowest BCUT2D eigenvalue weighted by Gasteiger charge is -2.10. The van der Waals surface area contributed by atoms with E-state index in [-0.39, 0.29) is 5.91 Å². The monoisotopic (exact) mass is 260 g/mol. The normalized spacial score (nSPS) is 10.1. The molecule has 18 heavy (non-hydrogen) atoms. The smallest absolute Gasteiger partial charge is 0.257 e. The molecule has 1 aromatic heterocycles. The predicted molar refractivity (Wildman–Crippen MR) is 73.0 cm³/mol. The maximum atomic E-state index is 12.1. The molecular weight excluding hydrogens is 248 g/mol. The number of benzene rings is 1. The van der Waals surface area contributed by atoms with E-state index >= 15 is 0 Å². The molecule has 0 fully saturated rings. The van der Waals surface area contributed by atoms with Crippen LogP contribution in [-0.2, 0) is 6.42 Å². The first-order chi connectivity index (χ1) is 8.72. The Morgan fingerprint density at radius 3 is 2.83 bits per heavy atom. The number of carbonyl (C=O) groups is 1. The van der Waals surface area contributed by atoms with Gasteiger partial charge in [0.15, 0.2) is 0 Å². The SMILES string of the molecule is CCc1ccccc1NC(=O)c1ccncc1Cl. The van der Waals surface area contributed by atoms with E-state index in [0.29, 0.717) is 10.6 Å². The third-order valence-electron chi connectivity index (χ3n) is 2.66. The summed E-state index contributed by atoms with van der Waals surface area (Å²) in [5.74, 6) is -0.219. The number of nitrogens with one attached hydrogen (secondary N) is 1. The summed E-state index contributed by atoms with van der Waals surface area (Å²) < 4.78 is 0. The molecule has 4 heteroatoms. The van der Waals surface area contributed by atoms with Crippen LogP contribution in [-0.4, -0.2) is 10.9 Å². The molecule has 2 aromatic rings. The van der Waals surface area contributed by atoms with E-state index in [1.54, 1.807) is 12.3 Å². The van der Waals surface area contributed by atoms with Crippen LogP contribution >= 0.6 is 11.6 Å². The van der Waals surface area contributed by atoms with Crippen molar-refractivity contribution in [2.75, 3.05) is 5.32 Å². The lowest BCUT2D eigenvalue weighted by atomic mass is 10.1. The van der Waals surface area contributed by atoms with E-state index in [0.717, 1.165) is 17.7 Å². The van der Waals surface area contributed by atoms with Gasteiger partial charge in [-0.2, -0.15) is 0 Å². The minimum absolute atomic E-state index is 0.219. The number of halogens is 1. The summed E-state index contributed by atoms with van der Waals surface area (Å²) in [5.41, 5.74) is 2.34. The third-order valence-corrected chi connectivity index (χ3v) is 2.96. The quantitative estimate of drug-likeness (QED) is 0.917. The molecule has 0 radical (unpaired) electrons. The van der Waals surface area contributed by atoms with Gasteiger partial charge < -0.3 is 5.32 Å². The van der Waals surface area contributed by atoms with Gasteiger partial charge in [0.1, 0.15) is 0 Å². The molecule has 0 aliphatic carbocycles. The Labute approximate surface area is 111 Å². The van der Waals surface area contributed by atoms with Crippen molar-refractivity contribution in [2.24, 2.45) is 0 Å². The highest BCUT2D eigenvalue weighted by atomic mass is 35.5. The summed E-state index contributed by atoms with van der Waals surface area (Å²) in [6.45, 7) is 2.05. The van der Waals surface area contributed by atoms with Crippen LogP contribution < -0.4 is 5.32 Å². The number of hydrogen-bond acceptors (Lipinski definition) is 2. The Morgan fingerprint density at radius 2 is 2.11 bits per heavy atom. The van der Waals surface area contributed by atoms with Crippen molar-refractivity contribution in [1.82, 2.24) is 4.98 Å². The number of aryl methyl sites for hydroxylation is 1. The van der Waals surface area contributed by atoms with Crippen LogP contribution in [0.5, 0.6) is 0 Å². The molecule has 0 spiro atoms. The van der Waals surface area contributed by atoms with Crippen LogP contribution in [0.2, 0.25) is 5.02 Å². The van der Waals surface area contributed by atoms with E-state index in [2.05, 4.69) is 10.3 Å².